The van der Waals surface area contributed by atoms with Crippen LogP contribution in [0.15, 0.2) is 29.7 Å². The molecule has 1 aromatic heterocycles. The Morgan fingerprint density at radius 1 is 1.38 bits per heavy atom. The molecule has 1 aliphatic rings. The standard InChI is InChI=1S/C16H20FN5OS/c1-11(24-16-20-18-10-21(16)2)15(23)19-14-12(17)6-5-7-13(14)22-8-3-4-9-22/h5-7,10-11H,3-4,8-9H2,1-2H3,(H,19,23)/t11-/m0/s1. The van der Waals surface area contributed by atoms with E-state index in [1.165, 1.54) is 17.8 Å². The van der Waals surface area contributed by atoms with E-state index < -0.39 is 11.1 Å². The Labute approximate surface area is 144 Å². The second kappa shape index (κ2) is 7.21. The maximum Gasteiger partial charge on any atom is 0.237 e. The average molecular weight is 349 g/mol. The Kier molecular flexibility index (Phi) is 5.03. The van der Waals surface area contributed by atoms with E-state index in [9.17, 15) is 9.18 Å². The molecular formula is C16H20FN5OS. The normalized spacial score (nSPS) is 15.5. The predicted octanol–water partition coefficient (Wildman–Crippen LogP) is 2.67. The van der Waals surface area contributed by atoms with Gasteiger partial charge in [-0.3, -0.25) is 4.79 Å². The Balaban J connectivity index is 1.75. The number of hydrogen-bond donors (Lipinski definition) is 1. The lowest BCUT2D eigenvalue weighted by Crippen LogP contribution is -2.26. The first-order valence-electron chi connectivity index (χ1n) is 7.91. The average Bonchev–Trinajstić information content (AvgIpc) is 3.22. The lowest BCUT2D eigenvalue weighted by Gasteiger charge is -2.22. The fourth-order valence-electron chi connectivity index (χ4n) is 2.67. The van der Waals surface area contributed by atoms with Crippen molar-refractivity contribution in [1.29, 1.82) is 0 Å². The van der Waals surface area contributed by atoms with Crippen molar-refractivity contribution in [3.63, 3.8) is 0 Å². The summed E-state index contributed by atoms with van der Waals surface area (Å²) in [4.78, 5) is 14.6. The molecule has 8 heteroatoms. The zero-order valence-electron chi connectivity index (χ0n) is 13.7. The first kappa shape index (κ1) is 16.8. The molecule has 1 atom stereocenters. The zero-order chi connectivity index (χ0) is 17.1. The molecule has 2 aromatic rings. The summed E-state index contributed by atoms with van der Waals surface area (Å²) in [7, 11) is 1.81. The molecule has 0 spiro atoms. The first-order valence-corrected chi connectivity index (χ1v) is 8.79. The third-order valence-electron chi connectivity index (χ3n) is 4.01. The highest BCUT2D eigenvalue weighted by Gasteiger charge is 2.23. The number of carbonyl (C=O) groups excluding carboxylic acids is 1. The number of nitrogens with zero attached hydrogens (tertiary/aromatic N) is 4. The number of nitrogens with one attached hydrogen (secondary N) is 1. The van der Waals surface area contributed by atoms with Crippen LogP contribution in [0.3, 0.4) is 0 Å². The van der Waals surface area contributed by atoms with Gasteiger partial charge in [0.15, 0.2) is 5.16 Å². The van der Waals surface area contributed by atoms with Crippen LogP contribution in [0.25, 0.3) is 0 Å². The number of carbonyl (C=O) groups is 1. The fourth-order valence-corrected chi connectivity index (χ4v) is 3.46. The Hall–Kier alpha value is -2.09. The van der Waals surface area contributed by atoms with E-state index in [2.05, 4.69) is 20.4 Å². The van der Waals surface area contributed by atoms with Crippen LogP contribution < -0.4 is 10.2 Å². The van der Waals surface area contributed by atoms with Crippen LogP contribution in [0.2, 0.25) is 0 Å². The molecule has 6 nitrogen and oxygen atoms in total. The highest BCUT2D eigenvalue weighted by atomic mass is 32.2. The maximum absolute atomic E-state index is 14.3. The van der Waals surface area contributed by atoms with E-state index in [0.29, 0.717) is 5.16 Å². The Morgan fingerprint density at radius 2 is 2.12 bits per heavy atom. The van der Waals surface area contributed by atoms with Crippen molar-refractivity contribution < 1.29 is 9.18 Å². The number of aryl methyl sites for hydroxylation is 1. The lowest BCUT2D eigenvalue weighted by atomic mass is 10.2. The number of halogens is 1. The first-order chi connectivity index (χ1) is 11.6. The molecular weight excluding hydrogens is 329 g/mol. The van der Waals surface area contributed by atoms with Crippen LogP contribution in [-0.2, 0) is 11.8 Å². The molecule has 0 unspecified atom stereocenters. The van der Waals surface area contributed by atoms with Gasteiger partial charge >= 0.3 is 0 Å². The topological polar surface area (TPSA) is 63.1 Å². The van der Waals surface area contributed by atoms with Crippen molar-refractivity contribution in [3.8, 4) is 0 Å². The van der Waals surface area contributed by atoms with Crippen molar-refractivity contribution in [2.24, 2.45) is 7.05 Å². The molecule has 1 aliphatic heterocycles. The Bertz CT molecular complexity index is 729. The molecule has 3 rings (SSSR count). The number of rotatable bonds is 5. The molecule has 1 saturated heterocycles. The van der Waals surface area contributed by atoms with Gasteiger partial charge in [0.25, 0.3) is 0 Å². The van der Waals surface area contributed by atoms with Gasteiger partial charge in [0.2, 0.25) is 5.91 Å². The van der Waals surface area contributed by atoms with E-state index in [-0.39, 0.29) is 11.6 Å². The van der Waals surface area contributed by atoms with Gasteiger partial charge in [-0.05, 0) is 31.9 Å². The van der Waals surface area contributed by atoms with E-state index in [4.69, 9.17) is 0 Å². The number of aromatic nitrogens is 3. The van der Waals surface area contributed by atoms with Gasteiger partial charge in [-0.15, -0.1) is 10.2 Å². The molecule has 0 radical (unpaired) electrons. The smallest absolute Gasteiger partial charge is 0.237 e. The second-order valence-corrected chi connectivity index (χ2v) is 7.11. The van der Waals surface area contributed by atoms with Crippen LogP contribution in [0.1, 0.15) is 19.8 Å². The number of para-hydroxylation sites is 1. The van der Waals surface area contributed by atoms with Gasteiger partial charge in [-0.25, -0.2) is 4.39 Å². The highest BCUT2D eigenvalue weighted by molar-refractivity contribution is 8.00. The van der Waals surface area contributed by atoms with Gasteiger partial charge < -0.3 is 14.8 Å². The van der Waals surface area contributed by atoms with Crippen molar-refractivity contribution in [3.05, 3.63) is 30.3 Å². The van der Waals surface area contributed by atoms with Gasteiger partial charge in [-0.1, -0.05) is 17.8 Å². The molecule has 2 heterocycles. The van der Waals surface area contributed by atoms with Gasteiger partial charge in [-0.2, -0.15) is 0 Å². The van der Waals surface area contributed by atoms with Crippen molar-refractivity contribution >= 4 is 29.0 Å². The molecule has 1 aromatic carbocycles. The number of hydrogen-bond acceptors (Lipinski definition) is 5. The molecule has 1 N–H and O–H groups in total. The summed E-state index contributed by atoms with van der Waals surface area (Å²) >= 11 is 1.29. The minimum Gasteiger partial charge on any atom is -0.370 e. The highest BCUT2D eigenvalue weighted by Crippen LogP contribution is 2.32. The summed E-state index contributed by atoms with van der Waals surface area (Å²) < 4.78 is 16.0. The summed E-state index contributed by atoms with van der Waals surface area (Å²) in [6.07, 6.45) is 3.75. The minimum absolute atomic E-state index is 0.256. The van der Waals surface area contributed by atoms with Gasteiger partial charge in [0, 0.05) is 20.1 Å². The monoisotopic (exact) mass is 349 g/mol. The molecule has 1 fully saturated rings. The molecule has 0 saturated carbocycles. The summed E-state index contributed by atoms with van der Waals surface area (Å²) in [6, 6.07) is 4.90. The number of thioether (sulfide) groups is 1. The molecule has 1 amide bonds. The quantitative estimate of drug-likeness (QED) is 0.841. The number of amides is 1. The molecule has 128 valence electrons. The van der Waals surface area contributed by atoms with Gasteiger partial charge in [0.05, 0.1) is 10.9 Å². The van der Waals surface area contributed by atoms with Crippen LogP contribution in [0, 0.1) is 5.82 Å². The Morgan fingerprint density at radius 3 is 2.79 bits per heavy atom. The number of anilines is 2. The second-order valence-electron chi connectivity index (χ2n) is 5.80. The lowest BCUT2D eigenvalue weighted by molar-refractivity contribution is -0.115. The SMILES string of the molecule is C[C@H](Sc1nncn1C)C(=O)Nc1c(F)cccc1N1CCCC1. The van der Waals surface area contributed by atoms with Crippen LogP contribution in [0.4, 0.5) is 15.8 Å². The fraction of sp³-hybridized carbons (Fsp3) is 0.438. The summed E-state index contributed by atoms with van der Waals surface area (Å²) in [6.45, 7) is 3.54. The van der Waals surface area contributed by atoms with Crippen molar-refractivity contribution in [1.82, 2.24) is 14.8 Å². The predicted molar refractivity (Wildman–Crippen MR) is 92.8 cm³/mol. The summed E-state index contributed by atoms with van der Waals surface area (Å²) in [5.41, 5.74) is 1.01. The van der Waals surface area contributed by atoms with Crippen molar-refractivity contribution in [2.75, 3.05) is 23.3 Å². The minimum atomic E-state index is -0.418. The van der Waals surface area contributed by atoms with E-state index in [1.54, 1.807) is 23.9 Å². The van der Waals surface area contributed by atoms with Crippen LogP contribution in [0.5, 0.6) is 0 Å². The van der Waals surface area contributed by atoms with E-state index >= 15 is 0 Å². The summed E-state index contributed by atoms with van der Waals surface area (Å²) in [5.74, 6) is -0.669. The molecule has 0 aliphatic carbocycles. The zero-order valence-corrected chi connectivity index (χ0v) is 14.5. The van der Waals surface area contributed by atoms with Crippen LogP contribution in [-0.4, -0.2) is 39.0 Å². The third kappa shape index (κ3) is 3.53. The number of benzene rings is 1. The maximum atomic E-state index is 14.3. The molecule has 24 heavy (non-hydrogen) atoms. The molecule has 0 bridgehead atoms. The van der Waals surface area contributed by atoms with Crippen LogP contribution >= 0.6 is 11.8 Å². The van der Waals surface area contributed by atoms with E-state index in [1.807, 2.05) is 13.1 Å². The van der Waals surface area contributed by atoms with Crippen molar-refractivity contribution in [2.45, 2.75) is 30.2 Å². The van der Waals surface area contributed by atoms with Gasteiger partial charge in [0.1, 0.15) is 17.8 Å². The van der Waals surface area contributed by atoms with E-state index in [0.717, 1.165) is 31.6 Å². The third-order valence-corrected chi connectivity index (χ3v) is 5.16. The largest absolute Gasteiger partial charge is 0.370 e. The summed E-state index contributed by atoms with van der Waals surface area (Å²) in [5, 5.41) is 10.7.